The maximum absolute atomic E-state index is 13.1. The second kappa shape index (κ2) is 10.6. The molecule has 32 heavy (non-hydrogen) atoms. The number of hydrogen-bond acceptors (Lipinski definition) is 6. The molecule has 0 saturated carbocycles. The fourth-order valence-corrected chi connectivity index (χ4v) is 4.77. The smallest absolute Gasteiger partial charge is 0.244 e. The lowest BCUT2D eigenvalue weighted by atomic mass is 10.0. The summed E-state index contributed by atoms with van der Waals surface area (Å²) in [6.45, 7) is 5.44. The summed E-state index contributed by atoms with van der Waals surface area (Å²) >= 11 is 0. The van der Waals surface area contributed by atoms with Gasteiger partial charge in [-0.05, 0) is 49.6 Å². The zero-order chi connectivity index (χ0) is 24.1. The van der Waals surface area contributed by atoms with Crippen molar-refractivity contribution in [3.8, 4) is 17.2 Å². The molecule has 0 aliphatic carbocycles. The molecule has 0 aliphatic heterocycles. The molecule has 176 valence electrons. The highest BCUT2D eigenvalue weighted by Crippen LogP contribution is 2.33. The van der Waals surface area contributed by atoms with E-state index in [1.54, 1.807) is 26.2 Å². The molecule has 0 spiro atoms. The molecule has 0 fully saturated rings. The summed E-state index contributed by atoms with van der Waals surface area (Å²) in [5.74, 6) is 1.18. The fraction of sp³-hybridized carbons (Fsp3) is 0.435. The van der Waals surface area contributed by atoms with Gasteiger partial charge in [-0.15, -0.1) is 0 Å². The topological polar surface area (TPSA) is 94.2 Å². The van der Waals surface area contributed by atoms with Gasteiger partial charge in [0.25, 0.3) is 0 Å². The van der Waals surface area contributed by atoms with Crippen molar-refractivity contribution in [1.82, 2.24) is 5.32 Å². The molecule has 8 nitrogen and oxygen atoms in total. The number of amides is 1. The quantitative estimate of drug-likeness (QED) is 0.579. The molecule has 9 heteroatoms. The van der Waals surface area contributed by atoms with Crippen LogP contribution in [-0.4, -0.2) is 48.0 Å². The predicted molar refractivity (Wildman–Crippen MR) is 125 cm³/mol. The van der Waals surface area contributed by atoms with E-state index in [4.69, 9.17) is 14.2 Å². The van der Waals surface area contributed by atoms with Gasteiger partial charge in [0.15, 0.2) is 11.5 Å². The Morgan fingerprint density at radius 2 is 1.59 bits per heavy atom. The van der Waals surface area contributed by atoms with Gasteiger partial charge >= 0.3 is 0 Å². The van der Waals surface area contributed by atoms with Crippen LogP contribution in [0.5, 0.6) is 17.2 Å². The molecule has 0 bridgehead atoms. The number of aryl methyl sites for hydroxylation is 1. The second-order valence-corrected chi connectivity index (χ2v) is 9.33. The van der Waals surface area contributed by atoms with Gasteiger partial charge in [0.1, 0.15) is 11.8 Å². The Kier molecular flexibility index (Phi) is 8.38. The first kappa shape index (κ1) is 25.3. The first-order valence-corrected chi connectivity index (χ1v) is 12.1. The van der Waals surface area contributed by atoms with E-state index in [1.807, 2.05) is 32.0 Å². The van der Waals surface area contributed by atoms with Crippen molar-refractivity contribution in [3.63, 3.8) is 0 Å². The average Bonchev–Trinajstić information content (AvgIpc) is 2.76. The summed E-state index contributed by atoms with van der Waals surface area (Å²) in [5, 5.41) is 2.98. The summed E-state index contributed by atoms with van der Waals surface area (Å²) in [6.07, 6.45) is 1.71. The van der Waals surface area contributed by atoms with Crippen LogP contribution in [0.2, 0.25) is 0 Å². The molecule has 0 saturated heterocycles. The largest absolute Gasteiger partial charge is 0.496 e. The molecule has 2 aromatic carbocycles. The van der Waals surface area contributed by atoms with Crippen LogP contribution in [0, 0.1) is 6.92 Å². The summed E-state index contributed by atoms with van der Waals surface area (Å²) in [7, 11) is 0.795. The van der Waals surface area contributed by atoms with E-state index in [-0.39, 0.29) is 6.04 Å². The van der Waals surface area contributed by atoms with Crippen molar-refractivity contribution in [3.05, 3.63) is 47.5 Å². The van der Waals surface area contributed by atoms with Gasteiger partial charge in [0.05, 0.1) is 39.3 Å². The van der Waals surface area contributed by atoms with Crippen LogP contribution in [0.4, 0.5) is 5.69 Å². The Balaban J connectivity index is 2.35. The highest BCUT2D eigenvalue weighted by Gasteiger charge is 2.31. The van der Waals surface area contributed by atoms with Crippen molar-refractivity contribution in [1.29, 1.82) is 0 Å². The van der Waals surface area contributed by atoms with Crippen LogP contribution in [0.3, 0.4) is 0 Å². The predicted octanol–water partition coefficient (Wildman–Crippen LogP) is 3.44. The number of nitrogens with zero attached hydrogens (tertiary/aromatic N) is 1. The van der Waals surface area contributed by atoms with Crippen LogP contribution >= 0.6 is 0 Å². The number of carbonyl (C=O) groups is 1. The normalized spacial score (nSPS) is 13.1. The van der Waals surface area contributed by atoms with Gasteiger partial charge in [-0.2, -0.15) is 0 Å². The number of sulfonamides is 1. The van der Waals surface area contributed by atoms with Crippen molar-refractivity contribution in [2.24, 2.45) is 0 Å². The van der Waals surface area contributed by atoms with Gasteiger partial charge in [0, 0.05) is 6.07 Å². The zero-order valence-electron chi connectivity index (χ0n) is 19.6. The fourth-order valence-electron chi connectivity index (χ4n) is 3.60. The van der Waals surface area contributed by atoms with Crippen LogP contribution in [-0.2, 0) is 14.8 Å². The summed E-state index contributed by atoms with van der Waals surface area (Å²) in [5.41, 5.74) is 2.18. The van der Waals surface area contributed by atoms with Gasteiger partial charge in [-0.3, -0.25) is 9.10 Å². The Hall–Kier alpha value is -2.94. The molecular weight excluding hydrogens is 432 g/mol. The number of methoxy groups -OCH3 is 3. The first-order valence-electron chi connectivity index (χ1n) is 10.2. The molecular formula is C23H32N2O6S. The van der Waals surface area contributed by atoms with Crippen LogP contribution in [0.1, 0.15) is 37.4 Å². The van der Waals surface area contributed by atoms with E-state index >= 15 is 0 Å². The van der Waals surface area contributed by atoms with Crippen molar-refractivity contribution in [2.75, 3.05) is 31.9 Å². The molecule has 2 rings (SSSR count). The van der Waals surface area contributed by atoms with Crippen LogP contribution in [0.15, 0.2) is 36.4 Å². The molecule has 0 radical (unpaired) electrons. The lowest BCUT2D eigenvalue weighted by Gasteiger charge is -2.30. The van der Waals surface area contributed by atoms with Crippen LogP contribution < -0.4 is 23.8 Å². The zero-order valence-corrected chi connectivity index (χ0v) is 20.4. The summed E-state index contributed by atoms with van der Waals surface area (Å²) in [4.78, 5) is 13.1. The minimum absolute atomic E-state index is 0.277. The maximum Gasteiger partial charge on any atom is 0.244 e. The number of carbonyl (C=O) groups excluding carboxylic acids is 1. The van der Waals surface area contributed by atoms with Crippen molar-refractivity contribution < 1.29 is 27.4 Å². The van der Waals surface area contributed by atoms with Crippen molar-refractivity contribution in [2.45, 2.75) is 39.3 Å². The number of ether oxygens (including phenoxy) is 3. The highest BCUT2D eigenvalue weighted by molar-refractivity contribution is 7.92. The maximum atomic E-state index is 13.1. The molecule has 1 N–H and O–H groups in total. The second-order valence-electron chi connectivity index (χ2n) is 7.47. The molecule has 2 unspecified atom stereocenters. The average molecular weight is 465 g/mol. The Labute approximate surface area is 190 Å². The third kappa shape index (κ3) is 5.64. The van der Waals surface area contributed by atoms with Gasteiger partial charge in [-0.1, -0.05) is 19.1 Å². The van der Waals surface area contributed by atoms with Crippen LogP contribution in [0.25, 0.3) is 0 Å². The lowest BCUT2D eigenvalue weighted by molar-refractivity contribution is -0.122. The SMILES string of the molecule is CCC(NC(=O)C(C)N(c1ccc(OC)c(OC)c1)S(C)(=O)=O)c1ccc(OC)c(C)c1. The first-order chi connectivity index (χ1) is 15.1. The number of nitrogens with one attached hydrogen (secondary N) is 1. The van der Waals surface area contributed by atoms with E-state index in [0.29, 0.717) is 23.6 Å². The third-order valence-electron chi connectivity index (χ3n) is 5.26. The minimum atomic E-state index is -3.77. The minimum Gasteiger partial charge on any atom is -0.496 e. The van der Waals surface area contributed by atoms with Crippen molar-refractivity contribution >= 4 is 21.6 Å². The van der Waals surface area contributed by atoms with Gasteiger partial charge in [0.2, 0.25) is 15.9 Å². The standard InChI is InChI=1S/C23H32N2O6S/c1-8-19(17-9-11-20(29-4)15(2)13-17)24-23(26)16(3)25(32(7,27)28)18-10-12-21(30-5)22(14-18)31-6/h9-14,16,19H,8H2,1-7H3,(H,24,26). The van der Waals surface area contributed by atoms with Gasteiger partial charge < -0.3 is 19.5 Å². The number of rotatable bonds is 10. The third-order valence-corrected chi connectivity index (χ3v) is 6.50. The van der Waals surface area contributed by atoms with E-state index < -0.39 is 22.0 Å². The molecule has 2 aromatic rings. The Bertz CT molecular complexity index is 1050. The van der Waals surface area contributed by atoms with E-state index in [2.05, 4.69) is 5.32 Å². The molecule has 1 amide bonds. The summed E-state index contributed by atoms with van der Waals surface area (Å²) < 4.78 is 42.2. The Morgan fingerprint density at radius 1 is 1.00 bits per heavy atom. The van der Waals surface area contributed by atoms with E-state index in [1.165, 1.54) is 20.3 Å². The molecule has 2 atom stereocenters. The van der Waals surface area contributed by atoms with E-state index in [0.717, 1.165) is 27.4 Å². The number of hydrogen-bond donors (Lipinski definition) is 1. The molecule has 0 heterocycles. The van der Waals surface area contributed by atoms with Gasteiger partial charge in [-0.25, -0.2) is 8.42 Å². The lowest BCUT2D eigenvalue weighted by Crippen LogP contribution is -2.48. The summed E-state index contributed by atoms with van der Waals surface area (Å²) in [6, 6.07) is 9.16. The number of benzene rings is 2. The molecule has 0 aliphatic rings. The Morgan fingerprint density at radius 3 is 2.09 bits per heavy atom. The van der Waals surface area contributed by atoms with E-state index in [9.17, 15) is 13.2 Å². The highest BCUT2D eigenvalue weighted by atomic mass is 32.2. The monoisotopic (exact) mass is 464 g/mol. The molecule has 0 aromatic heterocycles. The number of anilines is 1.